The Bertz CT molecular complexity index is 1120. The van der Waals surface area contributed by atoms with Gasteiger partial charge in [0.1, 0.15) is 14.8 Å². The van der Waals surface area contributed by atoms with Crippen molar-refractivity contribution in [1.82, 2.24) is 24.1 Å². The molecule has 1 amide bonds. The smallest absolute Gasteiger partial charge is 0.266 e. The molecule has 0 bridgehead atoms. The van der Waals surface area contributed by atoms with Crippen LogP contribution in [0.2, 0.25) is 0 Å². The van der Waals surface area contributed by atoms with E-state index in [0.29, 0.717) is 59.8 Å². The first-order valence-electron chi connectivity index (χ1n) is 11.5. The second kappa shape index (κ2) is 9.83. The SMILES string of the molecule is CCN1CCC[C@H]1CNS(=O)(=O)c1cc(-c2nc(C)c(C(=O)N3CCOCC3)s2)n(C)c1C. The molecule has 0 saturated carbocycles. The Morgan fingerprint density at radius 3 is 2.70 bits per heavy atom. The quantitative estimate of drug-likeness (QED) is 0.631. The maximum atomic E-state index is 13.2. The van der Waals surface area contributed by atoms with Crippen LogP contribution in [0, 0.1) is 13.8 Å². The molecule has 2 aliphatic heterocycles. The molecule has 9 nitrogen and oxygen atoms in total. The van der Waals surface area contributed by atoms with Gasteiger partial charge in [0, 0.05) is 38.4 Å². The highest BCUT2D eigenvalue weighted by Crippen LogP contribution is 2.33. The van der Waals surface area contributed by atoms with Crippen LogP contribution in [0.5, 0.6) is 0 Å². The fourth-order valence-electron chi connectivity index (χ4n) is 4.59. The van der Waals surface area contributed by atoms with Crippen LogP contribution >= 0.6 is 11.3 Å². The molecule has 4 heterocycles. The highest BCUT2D eigenvalue weighted by molar-refractivity contribution is 7.89. The zero-order valence-corrected chi connectivity index (χ0v) is 21.4. The molecule has 1 N–H and O–H groups in total. The number of amides is 1. The summed E-state index contributed by atoms with van der Waals surface area (Å²) in [7, 11) is -1.83. The number of nitrogens with zero attached hydrogens (tertiary/aromatic N) is 4. The third-order valence-corrected chi connectivity index (χ3v) is 9.41. The van der Waals surface area contributed by atoms with Crippen molar-refractivity contribution in [3.63, 3.8) is 0 Å². The second-order valence-corrected chi connectivity index (χ2v) is 11.4. The van der Waals surface area contributed by atoms with E-state index in [1.54, 1.807) is 17.9 Å². The van der Waals surface area contributed by atoms with Crippen molar-refractivity contribution in [2.75, 3.05) is 45.9 Å². The van der Waals surface area contributed by atoms with E-state index in [-0.39, 0.29) is 16.8 Å². The maximum Gasteiger partial charge on any atom is 0.266 e. The molecule has 11 heteroatoms. The van der Waals surface area contributed by atoms with Gasteiger partial charge in [-0.25, -0.2) is 18.1 Å². The number of likely N-dealkylation sites (N-methyl/N-ethyl adjacent to an activating group) is 1. The van der Waals surface area contributed by atoms with E-state index in [2.05, 4.69) is 21.5 Å². The van der Waals surface area contributed by atoms with E-state index in [9.17, 15) is 13.2 Å². The van der Waals surface area contributed by atoms with Crippen LogP contribution in [-0.4, -0.2) is 85.7 Å². The van der Waals surface area contributed by atoms with Crippen LogP contribution in [0.15, 0.2) is 11.0 Å². The largest absolute Gasteiger partial charge is 0.378 e. The summed E-state index contributed by atoms with van der Waals surface area (Å²) in [4.78, 5) is 22.5. The van der Waals surface area contributed by atoms with E-state index in [4.69, 9.17) is 4.74 Å². The summed E-state index contributed by atoms with van der Waals surface area (Å²) in [6.45, 7) is 10.3. The number of hydrogen-bond acceptors (Lipinski definition) is 7. The fraction of sp³-hybridized carbons (Fsp3) is 0.636. The van der Waals surface area contributed by atoms with Crippen molar-refractivity contribution in [3.8, 4) is 10.7 Å². The van der Waals surface area contributed by atoms with Gasteiger partial charge in [-0.3, -0.25) is 9.69 Å². The summed E-state index contributed by atoms with van der Waals surface area (Å²) in [6, 6.07) is 1.91. The fourth-order valence-corrected chi connectivity index (χ4v) is 7.04. The third kappa shape index (κ3) is 4.88. The van der Waals surface area contributed by atoms with Gasteiger partial charge in [-0.1, -0.05) is 6.92 Å². The van der Waals surface area contributed by atoms with Gasteiger partial charge in [0.2, 0.25) is 10.0 Å². The molecule has 0 radical (unpaired) electrons. The zero-order chi connectivity index (χ0) is 23.8. The van der Waals surface area contributed by atoms with Gasteiger partial charge in [-0.15, -0.1) is 11.3 Å². The lowest BCUT2D eigenvalue weighted by Crippen LogP contribution is -2.40. The number of sulfonamides is 1. The average molecular weight is 496 g/mol. The molecule has 2 aliphatic rings. The Labute approximate surface area is 199 Å². The van der Waals surface area contributed by atoms with Gasteiger partial charge in [-0.2, -0.15) is 0 Å². The number of carbonyl (C=O) groups excluding carboxylic acids is 1. The van der Waals surface area contributed by atoms with Crippen LogP contribution in [0.4, 0.5) is 0 Å². The Balaban J connectivity index is 1.56. The van der Waals surface area contributed by atoms with Gasteiger partial charge in [0.25, 0.3) is 5.91 Å². The van der Waals surface area contributed by atoms with E-state index < -0.39 is 10.0 Å². The van der Waals surface area contributed by atoms with Gasteiger partial charge in [0.15, 0.2) is 0 Å². The van der Waals surface area contributed by atoms with Crippen molar-refractivity contribution in [3.05, 3.63) is 22.3 Å². The number of hydrogen-bond donors (Lipinski definition) is 1. The summed E-state index contributed by atoms with van der Waals surface area (Å²) >= 11 is 1.31. The van der Waals surface area contributed by atoms with Gasteiger partial charge < -0.3 is 14.2 Å². The molecule has 2 saturated heterocycles. The molecule has 1 atom stereocenters. The minimum Gasteiger partial charge on any atom is -0.378 e. The lowest BCUT2D eigenvalue weighted by atomic mass is 10.2. The number of aryl methyl sites for hydroxylation is 1. The normalized spacial score (nSPS) is 20.0. The number of carbonyl (C=O) groups is 1. The van der Waals surface area contributed by atoms with Crippen LogP contribution in [0.1, 0.15) is 40.8 Å². The van der Waals surface area contributed by atoms with E-state index in [1.807, 2.05) is 18.5 Å². The molecule has 0 aromatic carbocycles. The number of nitrogens with one attached hydrogen (secondary N) is 1. The molecule has 2 fully saturated rings. The molecule has 4 rings (SSSR count). The molecule has 182 valence electrons. The molecule has 33 heavy (non-hydrogen) atoms. The Morgan fingerprint density at radius 2 is 2.00 bits per heavy atom. The minimum absolute atomic E-state index is 0.0444. The summed E-state index contributed by atoms with van der Waals surface area (Å²) in [6.07, 6.45) is 2.11. The summed E-state index contributed by atoms with van der Waals surface area (Å²) in [5, 5.41) is 0.643. The van der Waals surface area contributed by atoms with Crippen molar-refractivity contribution in [1.29, 1.82) is 0 Å². The molecule has 2 aromatic heterocycles. The summed E-state index contributed by atoms with van der Waals surface area (Å²) in [5.41, 5.74) is 2.00. The van der Waals surface area contributed by atoms with Gasteiger partial charge in [-0.05, 0) is 45.8 Å². The predicted molar refractivity (Wildman–Crippen MR) is 128 cm³/mol. The summed E-state index contributed by atoms with van der Waals surface area (Å²) in [5.74, 6) is -0.0444. The van der Waals surface area contributed by atoms with Crippen molar-refractivity contribution in [2.24, 2.45) is 7.05 Å². The van der Waals surface area contributed by atoms with Crippen LogP contribution in [0.25, 0.3) is 10.7 Å². The Hall–Kier alpha value is -1.79. The zero-order valence-electron chi connectivity index (χ0n) is 19.8. The van der Waals surface area contributed by atoms with Crippen molar-refractivity contribution >= 4 is 27.3 Å². The van der Waals surface area contributed by atoms with E-state index in [1.165, 1.54) is 11.3 Å². The Kier molecular flexibility index (Phi) is 7.25. The Morgan fingerprint density at radius 1 is 1.27 bits per heavy atom. The van der Waals surface area contributed by atoms with Gasteiger partial charge >= 0.3 is 0 Å². The summed E-state index contributed by atoms with van der Waals surface area (Å²) < 4.78 is 36.3. The first kappa shape index (κ1) is 24.3. The molecule has 0 aliphatic carbocycles. The number of morpholine rings is 1. The van der Waals surface area contributed by atoms with Crippen LogP contribution in [-0.2, 0) is 21.8 Å². The lowest BCUT2D eigenvalue weighted by Gasteiger charge is -2.26. The number of aromatic nitrogens is 2. The number of ether oxygens (including phenoxy) is 1. The van der Waals surface area contributed by atoms with E-state index in [0.717, 1.165) is 25.9 Å². The highest BCUT2D eigenvalue weighted by Gasteiger charge is 2.29. The number of rotatable bonds is 7. The first-order chi connectivity index (χ1) is 15.7. The topological polar surface area (TPSA) is 96.8 Å². The minimum atomic E-state index is -3.67. The maximum absolute atomic E-state index is 13.2. The molecular weight excluding hydrogens is 462 g/mol. The van der Waals surface area contributed by atoms with Crippen molar-refractivity contribution < 1.29 is 17.9 Å². The number of likely N-dealkylation sites (tertiary alicyclic amines) is 1. The molecule has 2 aromatic rings. The molecule has 0 spiro atoms. The molecular formula is C22H33N5O4S2. The molecule has 0 unspecified atom stereocenters. The monoisotopic (exact) mass is 495 g/mol. The lowest BCUT2D eigenvalue weighted by molar-refractivity contribution is 0.0305. The standard InChI is InChI=1S/C22H33N5O4S2/c1-5-26-8-6-7-17(26)14-23-33(29,30)19-13-18(25(4)16(19)3)21-24-15(2)20(32-21)22(28)27-9-11-31-12-10-27/h13,17,23H,5-12,14H2,1-4H3/t17-/m0/s1. The van der Waals surface area contributed by atoms with Crippen LogP contribution in [0.3, 0.4) is 0 Å². The highest BCUT2D eigenvalue weighted by atomic mass is 32.2. The second-order valence-electron chi connectivity index (χ2n) is 8.65. The predicted octanol–water partition coefficient (Wildman–Crippen LogP) is 2.00. The third-order valence-electron chi connectivity index (χ3n) is 6.70. The first-order valence-corrected chi connectivity index (χ1v) is 13.8. The van der Waals surface area contributed by atoms with Crippen molar-refractivity contribution in [2.45, 2.75) is 44.6 Å². The number of thiazole rings is 1. The van der Waals surface area contributed by atoms with Crippen LogP contribution < -0.4 is 4.72 Å². The van der Waals surface area contributed by atoms with E-state index >= 15 is 0 Å². The van der Waals surface area contributed by atoms with Gasteiger partial charge in [0.05, 0.1) is 24.6 Å². The average Bonchev–Trinajstić information content (AvgIpc) is 3.50.